The van der Waals surface area contributed by atoms with Gasteiger partial charge in [-0.25, -0.2) is 18.4 Å². The number of aryl methyl sites for hydroxylation is 1. The van der Waals surface area contributed by atoms with Gasteiger partial charge in [-0.1, -0.05) is 17.7 Å². The normalized spacial score (nSPS) is 18.0. The lowest BCUT2D eigenvalue weighted by atomic mass is 9.84. The number of hydrogen-bond donors (Lipinski definition) is 1. The highest BCUT2D eigenvalue weighted by Gasteiger charge is 2.43. The summed E-state index contributed by atoms with van der Waals surface area (Å²) in [5, 5.41) is 16.7. The molecule has 2 aromatic carbocycles. The van der Waals surface area contributed by atoms with E-state index in [-0.39, 0.29) is 12.1 Å². The third-order valence-electron chi connectivity index (χ3n) is 7.09. The first-order valence-corrected chi connectivity index (χ1v) is 11.8. The average Bonchev–Trinajstić information content (AvgIpc) is 3.31. The van der Waals surface area contributed by atoms with Crippen LogP contribution in [-0.2, 0) is 12.1 Å². The summed E-state index contributed by atoms with van der Waals surface area (Å²) in [5.74, 6) is -1.46. The number of halogens is 3. The van der Waals surface area contributed by atoms with Crippen LogP contribution in [0.15, 0.2) is 49.1 Å². The van der Waals surface area contributed by atoms with Gasteiger partial charge in [-0.3, -0.25) is 4.90 Å². The maximum absolute atomic E-state index is 14.8. The molecule has 34 heavy (non-hydrogen) atoms. The number of hydrogen-bond acceptors (Lipinski definition) is 5. The molecule has 2 atom stereocenters. The van der Waals surface area contributed by atoms with Crippen molar-refractivity contribution in [2.75, 3.05) is 25.0 Å². The predicted molar refractivity (Wildman–Crippen MR) is 129 cm³/mol. The summed E-state index contributed by atoms with van der Waals surface area (Å²) in [6, 6.07) is 9.10. The lowest BCUT2D eigenvalue weighted by Crippen LogP contribution is -2.55. The Bertz CT molecular complexity index is 1120. The van der Waals surface area contributed by atoms with Gasteiger partial charge in [-0.15, -0.1) is 0 Å². The summed E-state index contributed by atoms with van der Waals surface area (Å²) in [5.41, 5.74) is 0.691. The van der Waals surface area contributed by atoms with Gasteiger partial charge in [0, 0.05) is 54.6 Å². The lowest BCUT2D eigenvalue weighted by Gasteiger charge is -2.45. The largest absolute Gasteiger partial charge is 0.381 e. The van der Waals surface area contributed by atoms with E-state index in [1.165, 1.54) is 29.5 Å². The van der Waals surface area contributed by atoms with Gasteiger partial charge in [0.2, 0.25) is 0 Å². The van der Waals surface area contributed by atoms with Crippen molar-refractivity contribution in [2.45, 2.75) is 50.9 Å². The summed E-state index contributed by atoms with van der Waals surface area (Å²) >= 11 is 6.12. The predicted octanol–water partition coefficient (Wildman–Crippen LogP) is 4.40. The number of benzene rings is 2. The van der Waals surface area contributed by atoms with E-state index in [0.29, 0.717) is 6.04 Å². The molecule has 0 radical (unpaired) electrons. The van der Waals surface area contributed by atoms with Crippen molar-refractivity contribution in [2.24, 2.45) is 0 Å². The Morgan fingerprint density at radius 2 is 1.94 bits per heavy atom. The van der Waals surface area contributed by atoms with Crippen LogP contribution in [0.3, 0.4) is 0 Å². The molecule has 0 unspecified atom stereocenters. The van der Waals surface area contributed by atoms with E-state index in [0.717, 1.165) is 48.3 Å². The molecule has 1 saturated heterocycles. The quantitative estimate of drug-likeness (QED) is 0.533. The smallest absolute Gasteiger partial charge is 0.137 e. The maximum atomic E-state index is 14.8. The Morgan fingerprint density at radius 3 is 2.56 bits per heavy atom. The Balaban J connectivity index is 1.53. The van der Waals surface area contributed by atoms with E-state index in [1.54, 1.807) is 0 Å². The Morgan fingerprint density at radius 1 is 1.21 bits per heavy atom. The van der Waals surface area contributed by atoms with Crippen molar-refractivity contribution in [3.05, 3.63) is 76.8 Å². The highest BCUT2D eigenvalue weighted by Crippen LogP contribution is 2.35. The second kappa shape index (κ2) is 9.98. The summed E-state index contributed by atoms with van der Waals surface area (Å²) in [7, 11) is 2.09. The van der Waals surface area contributed by atoms with Gasteiger partial charge in [-0.2, -0.15) is 5.10 Å². The second-order valence-corrected chi connectivity index (χ2v) is 9.56. The van der Waals surface area contributed by atoms with Crippen molar-refractivity contribution in [1.29, 1.82) is 0 Å². The molecule has 1 fully saturated rings. The molecule has 0 bridgehead atoms. The fourth-order valence-electron chi connectivity index (χ4n) is 5.02. The molecule has 6 nitrogen and oxygen atoms in total. The van der Waals surface area contributed by atoms with Crippen LogP contribution in [-0.4, -0.2) is 57.0 Å². The van der Waals surface area contributed by atoms with Crippen molar-refractivity contribution in [3.8, 4) is 0 Å². The monoisotopic (exact) mass is 489 g/mol. The molecule has 1 N–H and O–H groups in total. The SMILES string of the molecule is Cc1cc(Cl)ccc1N(C)C1CCN([C@H](C)[C@](O)(Cn2cncn2)c2ccc(F)cc2F)CC1. The van der Waals surface area contributed by atoms with Gasteiger partial charge in [0.1, 0.15) is 29.9 Å². The maximum Gasteiger partial charge on any atom is 0.137 e. The molecular formula is C25H30ClF2N5O. The molecule has 2 heterocycles. The van der Waals surface area contributed by atoms with Gasteiger partial charge >= 0.3 is 0 Å². The number of rotatable bonds is 7. The third kappa shape index (κ3) is 4.94. The molecule has 1 aliphatic rings. The van der Waals surface area contributed by atoms with E-state index < -0.39 is 23.3 Å². The van der Waals surface area contributed by atoms with Crippen LogP contribution in [0.1, 0.15) is 30.9 Å². The average molecular weight is 490 g/mol. The van der Waals surface area contributed by atoms with Crippen LogP contribution in [0.5, 0.6) is 0 Å². The number of nitrogens with zero attached hydrogens (tertiary/aromatic N) is 5. The zero-order valence-corrected chi connectivity index (χ0v) is 20.4. The summed E-state index contributed by atoms with van der Waals surface area (Å²) in [6.45, 7) is 5.39. The van der Waals surface area contributed by atoms with Gasteiger partial charge in [0.25, 0.3) is 0 Å². The van der Waals surface area contributed by atoms with Gasteiger partial charge in [-0.05, 0) is 56.5 Å². The number of piperidine rings is 1. The number of likely N-dealkylation sites (tertiary alicyclic amines) is 1. The van der Waals surface area contributed by atoms with Crippen molar-refractivity contribution >= 4 is 17.3 Å². The molecule has 182 valence electrons. The van der Waals surface area contributed by atoms with Crippen LogP contribution in [0.25, 0.3) is 0 Å². The molecule has 3 aromatic rings. The van der Waals surface area contributed by atoms with E-state index in [1.807, 2.05) is 25.1 Å². The fourth-order valence-corrected chi connectivity index (χ4v) is 5.24. The van der Waals surface area contributed by atoms with Crippen LogP contribution in [0.2, 0.25) is 5.02 Å². The zero-order valence-electron chi connectivity index (χ0n) is 19.6. The van der Waals surface area contributed by atoms with E-state index in [2.05, 4.69) is 33.9 Å². The van der Waals surface area contributed by atoms with Gasteiger partial charge in [0.05, 0.1) is 6.54 Å². The minimum Gasteiger partial charge on any atom is -0.381 e. The molecule has 4 rings (SSSR count). The highest BCUT2D eigenvalue weighted by molar-refractivity contribution is 6.30. The molecule has 0 aliphatic carbocycles. The standard InChI is InChI=1S/C25H30ClF2N5O/c1-17-12-19(26)4-7-24(17)31(3)21-8-10-32(11-9-21)18(2)25(34,14-33-16-29-15-30-33)22-6-5-20(27)13-23(22)28/h4-7,12-13,15-16,18,21,34H,8-11,14H2,1-3H3/t18-,25-/m1/s1. The number of anilines is 1. The second-order valence-electron chi connectivity index (χ2n) is 9.13. The molecule has 0 spiro atoms. The molecule has 9 heteroatoms. The molecule has 1 aromatic heterocycles. The molecule has 1 aliphatic heterocycles. The Hall–Kier alpha value is -2.55. The van der Waals surface area contributed by atoms with Crippen molar-refractivity contribution < 1.29 is 13.9 Å². The molecular weight excluding hydrogens is 460 g/mol. The third-order valence-corrected chi connectivity index (χ3v) is 7.33. The fraction of sp³-hybridized carbons (Fsp3) is 0.440. The van der Waals surface area contributed by atoms with Gasteiger partial charge < -0.3 is 10.0 Å². The van der Waals surface area contributed by atoms with E-state index >= 15 is 0 Å². The Kier molecular flexibility index (Phi) is 7.21. The van der Waals surface area contributed by atoms with E-state index in [4.69, 9.17) is 11.6 Å². The highest BCUT2D eigenvalue weighted by atomic mass is 35.5. The van der Waals surface area contributed by atoms with E-state index in [9.17, 15) is 13.9 Å². The summed E-state index contributed by atoms with van der Waals surface area (Å²) < 4.78 is 29.9. The summed E-state index contributed by atoms with van der Waals surface area (Å²) in [4.78, 5) is 8.39. The first-order chi connectivity index (χ1) is 16.2. The van der Waals surface area contributed by atoms with Crippen LogP contribution in [0.4, 0.5) is 14.5 Å². The molecule has 0 amide bonds. The lowest BCUT2D eigenvalue weighted by molar-refractivity contribution is -0.0690. The van der Waals surface area contributed by atoms with Gasteiger partial charge in [0.15, 0.2) is 0 Å². The minimum absolute atomic E-state index is 0.000516. The topological polar surface area (TPSA) is 57.4 Å². The van der Waals surface area contributed by atoms with Crippen LogP contribution >= 0.6 is 11.6 Å². The first-order valence-electron chi connectivity index (χ1n) is 11.4. The zero-order chi connectivity index (χ0) is 24.5. The summed E-state index contributed by atoms with van der Waals surface area (Å²) in [6.07, 6.45) is 4.61. The van der Waals surface area contributed by atoms with Crippen LogP contribution < -0.4 is 4.90 Å². The van der Waals surface area contributed by atoms with Crippen LogP contribution in [0, 0.1) is 18.6 Å². The number of aromatic nitrogens is 3. The number of aliphatic hydroxyl groups is 1. The molecule has 0 saturated carbocycles. The van der Waals surface area contributed by atoms with Crippen molar-refractivity contribution in [3.63, 3.8) is 0 Å². The van der Waals surface area contributed by atoms with Crippen molar-refractivity contribution in [1.82, 2.24) is 19.7 Å². The minimum atomic E-state index is -1.63. The Labute approximate surface area is 203 Å². The first kappa shape index (κ1) is 24.6.